The van der Waals surface area contributed by atoms with E-state index in [0.29, 0.717) is 0 Å². The predicted octanol–water partition coefficient (Wildman–Crippen LogP) is 1.97. The monoisotopic (exact) mass is 381 g/mol. The van der Waals surface area contributed by atoms with Crippen LogP contribution in [0.2, 0.25) is 0 Å². The van der Waals surface area contributed by atoms with E-state index in [1.165, 1.54) is 18.3 Å². The van der Waals surface area contributed by atoms with Gasteiger partial charge >= 0.3 is 12.1 Å². The maximum absolute atomic E-state index is 12.7. The van der Waals surface area contributed by atoms with Gasteiger partial charge in [0, 0.05) is 24.4 Å². The highest BCUT2D eigenvalue weighted by atomic mass is 32.1. The summed E-state index contributed by atoms with van der Waals surface area (Å²) in [6.07, 6.45) is 5.11. The summed E-state index contributed by atoms with van der Waals surface area (Å²) in [5.74, 6) is -0.409. The summed E-state index contributed by atoms with van der Waals surface area (Å²) in [5.41, 5.74) is -0.666. The number of fused-ring (bicyclic) bond motifs is 2. The molecule has 8 nitrogen and oxygen atoms in total. The van der Waals surface area contributed by atoms with Crippen molar-refractivity contribution in [2.45, 2.75) is 57.4 Å². The molecule has 0 spiro atoms. The maximum Gasteiger partial charge on any atom is 0.411 e. The Morgan fingerprint density at radius 1 is 1.27 bits per heavy atom. The van der Waals surface area contributed by atoms with Gasteiger partial charge in [-0.2, -0.15) is 0 Å². The van der Waals surface area contributed by atoms with Crippen LogP contribution in [-0.4, -0.2) is 62.6 Å². The SMILES string of the molecule is COC(=O)C1C(OC(=S)n2ccnc2)C2CC(C2)N1C(=O)OC(C)(C)C. The molecule has 1 saturated carbocycles. The van der Waals surface area contributed by atoms with E-state index in [2.05, 4.69) is 4.98 Å². The molecule has 2 aliphatic heterocycles. The van der Waals surface area contributed by atoms with Gasteiger partial charge in [-0.3, -0.25) is 9.47 Å². The molecule has 1 amide bonds. The number of hydrogen-bond donors (Lipinski definition) is 0. The molecule has 3 aliphatic rings. The molecule has 0 aromatic carbocycles. The Labute approximate surface area is 157 Å². The van der Waals surface area contributed by atoms with Crippen molar-refractivity contribution >= 4 is 29.5 Å². The van der Waals surface area contributed by atoms with Crippen LogP contribution in [0.4, 0.5) is 4.79 Å². The number of amides is 1. The van der Waals surface area contributed by atoms with Crippen LogP contribution in [0.25, 0.3) is 0 Å². The van der Waals surface area contributed by atoms with Crippen molar-refractivity contribution in [1.29, 1.82) is 0 Å². The number of carbonyl (C=O) groups excluding carboxylic acids is 2. The first-order valence-electron chi connectivity index (χ1n) is 8.49. The van der Waals surface area contributed by atoms with Crippen molar-refractivity contribution < 1.29 is 23.8 Å². The second-order valence-electron chi connectivity index (χ2n) is 7.56. The quantitative estimate of drug-likeness (QED) is 0.572. The molecule has 9 heteroatoms. The third-order valence-electron chi connectivity index (χ3n) is 4.62. The number of nitrogens with zero attached hydrogens (tertiary/aromatic N) is 3. The van der Waals surface area contributed by atoms with Gasteiger partial charge in [-0.1, -0.05) is 0 Å². The molecule has 142 valence electrons. The second-order valence-corrected chi connectivity index (χ2v) is 7.91. The molecule has 1 aromatic rings. The highest BCUT2D eigenvalue weighted by molar-refractivity contribution is 7.80. The molecule has 1 aliphatic carbocycles. The molecule has 3 fully saturated rings. The summed E-state index contributed by atoms with van der Waals surface area (Å²) in [6, 6.07) is -0.950. The lowest BCUT2D eigenvalue weighted by molar-refractivity contribution is -0.169. The van der Waals surface area contributed by atoms with E-state index in [1.807, 2.05) is 0 Å². The lowest BCUT2D eigenvalue weighted by atomic mass is 9.68. The van der Waals surface area contributed by atoms with Gasteiger partial charge in [0.2, 0.25) is 0 Å². The van der Waals surface area contributed by atoms with E-state index in [1.54, 1.807) is 37.7 Å². The summed E-state index contributed by atoms with van der Waals surface area (Å²) in [5, 5.41) is 0.177. The van der Waals surface area contributed by atoms with Crippen LogP contribution in [0.5, 0.6) is 0 Å². The van der Waals surface area contributed by atoms with E-state index < -0.39 is 29.8 Å². The van der Waals surface area contributed by atoms with Gasteiger partial charge in [0.05, 0.1) is 7.11 Å². The Kier molecular flexibility index (Phi) is 4.92. The number of thiocarbonyl (C=S) groups is 1. The van der Waals surface area contributed by atoms with Crippen LogP contribution in [0.1, 0.15) is 33.6 Å². The second kappa shape index (κ2) is 6.86. The number of esters is 1. The molecule has 2 atom stereocenters. The number of rotatable bonds is 2. The molecular formula is C17H23N3O5S. The zero-order valence-corrected chi connectivity index (χ0v) is 16.1. The lowest BCUT2D eigenvalue weighted by Gasteiger charge is -2.55. The first kappa shape index (κ1) is 18.6. The molecule has 1 aromatic heterocycles. The molecule has 2 unspecified atom stereocenters. The fourth-order valence-corrected chi connectivity index (χ4v) is 3.64. The van der Waals surface area contributed by atoms with Gasteiger partial charge < -0.3 is 14.2 Å². The highest BCUT2D eigenvalue weighted by Crippen LogP contribution is 2.45. The molecule has 26 heavy (non-hydrogen) atoms. The van der Waals surface area contributed by atoms with Crippen molar-refractivity contribution in [2.24, 2.45) is 5.92 Å². The third-order valence-corrected chi connectivity index (χ3v) is 4.92. The first-order chi connectivity index (χ1) is 12.2. The van der Waals surface area contributed by atoms with E-state index in [4.69, 9.17) is 26.4 Å². The average Bonchev–Trinajstić information content (AvgIpc) is 3.05. The van der Waals surface area contributed by atoms with Crippen LogP contribution in [0, 0.1) is 5.92 Å². The number of imidazole rings is 1. The molecule has 3 heterocycles. The minimum absolute atomic E-state index is 0.0550. The normalized spacial score (nSPS) is 27.3. The molecule has 2 bridgehead atoms. The minimum atomic E-state index is -0.895. The average molecular weight is 381 g/mol. The van der Waals surface area contributed by atoms with Gasteiger partial charge in [-0.15, -0.1) is 0 Å². The van der Waals surface area contributed by atoms with Gasteiger partial charge in [0.15, 0.2) is 6.04 Å². The van der Waals surface area contributed by atoms with Crippen molar-refractivity contribution in [3.05, 3.63) is 18.7 Å². The third kappa shape index (κ3) is 3.53. The fraction of sp³-hybridized carbons (Fsp3) is 0.647. The zero-order valence-electron chi connectivity index (χ0n) is 15.2. The van der Waals surface area contributed by atoms with Crippen molar-refractivity contribution in [2.75, 3.05) is 7.11 Å². The van der Waals surface area contributed by atoms with Gasteiger partial charge in [0.1, 0.15) is 18.0 Å². The van der Waals surface area contributed by atoms with E-state index >= 15 is 0 Å². The Bertz CT molecular complexity index is 694. The number of ether oxygens (including phenoxy) is 3. The number of hydrogen-bond acceptors (Lipinski definition) is 7. The van der Waals surface area contributed by atoms with Gasteiger partial charge in [-0.25, -0.2) is 14.6 Å². The fourth-order valence-electron chi connectivity index (χ4n) is 3.42. The lowest BCUT2D eigenvalue weighted by Crippen LogP contribution is -2.69. The Balaban J connectivity index is 1.84. The van der Waals surface area contributed by atoms with E-state index in [0.717, 1.165) is 12.8 Å². The van der Waals surface area contributed by atoms with Crippen LogP contribution < -0.4 is 0 Å². The Hall–Kier alpha value is -2.16. The van der Waals surface area contributed by atoms with Gasteiger partial charge in [-0.05, 0) is 45.8 Å². The molecule has 0 radical (unpaired) electrons. The highest BCUT2D eigenvalue weighted by Gasteiger charge is 2.58. The maximum atomic E-state index is 12.7. The Morgan fingerprint density at radius 2 is 1.96 bits per heavy atom. The summed E-state index contributed by atoms with van der Waals surface area (Å²) in [6.45, 7) is 5.36. The summed E-state index contributed by atoms with van der Waals surface area (Å²) < 4.78 is 17.9. The minimum Gasteiger partial charge on any atom is -0.467 e. The van der Waals surface area contributed by atoms with Crippen LogP contribution >= 0.6 is 12.2 Å². The van der Waals surface area contributed by atoms with Crippen molar-refractivity contribution in [1.82, 2.24) is 14.5 Å². The van der Waals surface area contributed by atoms with E-state index in [-0.39, 0.29) is 17.1 Å². The van der Waals surface area contributed by atoms with E-state index in [9.17, 15) is 9.59 Å². The van der Waals surface area contributed by atoms with Crippen LogP contribution in [0.3, 0.4) is 0 Å². The summed E-state index contributed by atoms with van der Waals surface area (Å²) >= 11 is 5.31. The van der Waals surface area contributed by atoms with Crippen molar-refractivity contribution in [3.8, 4) is 0 Å². The van der Waals surface area contributed by atoms with Crippen LogP contribution in [0.15, 0.2) is 18.7 Å². The predicted molar refractivity (Wildman–Crippen MR) is 95.5 cm³/mol. The molecule has 4 rings (SSSR count). The van der Waals surface area contributed by atoms with Crippen molar-refractivity contribution in [3.63, 3.8) is 0 Å². The zero-order chi connectivity index (χ0) is 19.1. The smallest absolute Gasteiger partial charge is 0.411 e. The number of methoxy groups -OCH3 is 1. The molecular weight excluding hydrogens is 358 g/mol. The standard InChI is InChI=1S/C17H23N3O5S/c1-17(2,3)25-15(22)20-11-7-10(8-11)13(12(20)14(21)23-4)24-16(26)19-6-5-18-9-19/h5-6,9-13H,7-8H2,1-4H3. The number of piperidine rings is 2. The summed E-state index contributed by atoms with van der Waals surface area (Å²) in [7, 11) is 1.29. The first-order valence-corrected chi connectivity index (χ1v) is 8.90. The summed E-state index contributed by atoms with van der Waals surface area (Å²) in [4.78, 5) is 30.6. The molecule has 2 saturated heterocycles. The molecule has 0 N–H and O–H groups in total. The number of aromatic nitrogens is 2. The number of carbonyl (C=O) groups is 2. The largest absolute Gasteiger partial charge is 0.467 e. The van der Waals surface area contributed by atoms with Gasteiger partial charge in [0.25, 0.3) is 5.17 Å². The topological polar surface area (TPSA) is 82.9 Å². The Morgan fingerprint density at radius 3 is 2.50 bits per heavy atom. The van der Waals surface area contributed by atoms with Crippen LogP contribution in [-0.2, 0) is 19.0 Å².